The van der Waals surface area contributed by atoms with Crippen molar-refractivity contribution < 1.29 is 4.39 Å². The first kappa shape index (κ1) is 20.5. The van der Waals surface area contributed by atoms with Crippen molar-refractivity contribution >= 4 is 34.4 Å². The normalized spacial score (nSPS) is 15.9. The van der Waals surface area contributed by atoms with Gasteiger partial charge >= 0.3 is 5.69 Å². The molecule has 0 N–H and O–H groups in total. The first-order chi connectivity index (χ1) is 15.3. The van der Waals surface area contributed by atoms with Gasteiger partial charge in [0.1, 0.15) is 5.82 Å². The molecule has 0 amide bonds. The number of fused-ring (bicyclic) bond motifs is 3. The molecule has 0 saturated carbocycles. The number of imidazole rings is 1. The summed E-state index contributed by atoms with van der Waals surface area (Å²) in [5.41, 5.74) is 0.814. The van der Waals surface area contributed by atoms with E-state index in [1.807, 2.05) is 21.6 Å². The van der Waals surface area contributed by atoms with Gasteiger partial charge in [-0.3, -0.25) is 13.9 Å². The molecular formula is C23H21ClFN5O2. The van der Waals surface area contributed by atoms with Crippen molar-refractivity contribution in [2.24, 2.45) is 13.0 Å². The Hall–Kier alpha value is -3.39. The van der Waals surface area contributed by atoms with Gasteiger partial charge in [-0.05, 0) is 36.2 Å². The fourth-order valence-electron chi connectivity index (χ4n) is 4.28. The molecule has 1 aliphatic rings. The minimum absolute atomic E-state index is 0.148. The van der Waals surface area contributed by atoms with Crippen LogP contribution in [0.5, 0.6) is 0 Å². The first-order valence-corrected chi connectivity index (χ1v) is 10.7. The van der Waals surface area contributed by atoms with Crippen LogP contribution in [0.15, 0.2) is 58.1 Å². The molecule has 0 fully saturated rings. The van der Waals surface area contributed by atoms with Crippen molar-refractivity contribution in [2.75, 3.05) is 11.4 Å². The summed E-state index contributed by atoms with van der Waals surface area (Å²) in [6, 6.07) is 13.6. The highest BCUT2D eigenvalue weighted by Gasteiger charge is 2.30. The third-order valence-electron chi connectivity index (χ3n) is 5.87. The van der Waals surface area contributed by atoms with Crippen LogP contribution in [0.4, 0.5) is 16.0 Å². The molecule has 0 saturated heterocycles. The zero-order valence-electron chi connectivity index (χ0n) is 17.6. The highest BCUT2D eigenvalue weighted by Crippen LogP contribution is 2.33. The van der Waals surface area contributed by atoms with Crippen molar-refractivity contribution in [3.05, 3.63) is 85.8 Å². The van der Waals surface area contributed by atoms with E-state index in [9.17, 15) is 14.0 Å². The first-order valence-electron chi connectivity index (χ1n) is 10.3. The average molecular weight is 454 g/mol. The lowest BCUT2D eigenvalue weighted by molar-refractivity contribution is 0.458. The van der Waals surface area contributed by atoms with Gasteiger partial charge in [0.05, 0.1) is 6.54 Å². The molecule has 2 aromatic heterocycles. The number of hydrogen-bond donors (Lipinski definition) is 0. The molecule has 1 aliphatic heterocycles. The third kappa shape index (κ3) is 3.22. The molecule has 32 heavy (non-hydrogen) atoms. The van der Waals surface area contributed by atoms with Crippen LogP contribution in [0.25, 0.3) is 11.2 Å². The van der Waals surface area contributed by atoms with E-state index in [2.05, 4.69) is 11.9 Å². The van der Waals surface area contributed by atoms with Crippen molar-refractivity contribution in [1.29, 1.82) is 0 Å². The highest BCUT2D eigenvalue weighted by atomic mass is 35.5. The molecule has 1 atom stereocenters. The summed E-state index contributed by atoms with van der Waals surface area (Å²) >= 11 is 6.05. The van der Waals surface area contributed by atoms with Crippen molar-refractivity contribution in [3.8, 4) is 0 Å². The number of hydrogen-bond acceptors (Lipinski definition) is 4. The number of halogens is 2. The summed E-state index contributed by atoms with van der Waals surface area (Å²) in [6.07, 6.45) is 0. The molecule has 0 unspecified atom stereocenters. The predicted molar refractivity (Wildman–Crippen MR) is 122 cm³/mol. The lowest BCUT2D eigenvalue weighted by atomic mass is 10.1. The van der Waals surface area contributed by atoms with E-state index >= 15 is 0 Å². The second kappa shape index (κ2) is 7.63. The number of nitrogens with zero attached hydrogens (tertiary/aromatic N) is 5. The Labute approximate surface area is 187 Å². The molecule has 0 bridgehead atoms. The van der Waals surface area contributed by atoms with Crippen molar-refractivity contribution in [3.63, 3.8) is 0 Å². The summed E-state index contributed by atoms with van der Waals surface area (Å²) in [6.45, 7) is 3.24. The Morgan fingerprint density at radius 3 is 2.53 bits per heavy atom. The quantitative estimate of drug-likeness (QED) is 0.476. The number of aryl methyl sites for hydroxylation is 1. The number of anilines is 2. The number of benzene rings is 2. The molecule has 0 radical (unpaired) electrons. The van der Waals surface area contributed by atoms with Crippen molar-refractivity contribution in [1.82, 2.24) is 18.7 Å². The molecule has 9 heteroatoms. The summed E-state index contributed by atoms with van der Waals surface area (Å²) < 4.78 is 18.5. The van der Waals surface area contributed by atoms with E-state index < -0.39 is 17.1 Å². The van der Waals surface area contributed by atoms with E-state index in [0.29, 0.717) is 35.2 Å². The van der Waals surface area contributed by atoms with Gasteiger partial charge in [0.25, 0.3) is 5.56 Å². The molecule has 0 spiro atoms. The largest absolute Gasteiger partial charge is 0.332 e. The van der Waals surface area contributed by atoms with Gasteiger partial charge in [0, 0.05) is 36.4 Å². The molecule has 7 nitrogen and oxygen atoms in total. The SMILES string of the molecule is C[C@@H]1CN(c2ccc(Cl)cc2)c2nc3c(c(=O)n(Cc4ccccc4F)c(=O)n3C)n2C1. The van der Waals surface area contributed by atoms with Crippen LogP contribution in [0, 0.1) is 11.7 Å². The topological polar surface area (TPSA) is 65.1 Å². The van der Waals surface area contributed by atoms with Gasteiger partial charge < -0.3 is 9.47 Å². The van der Waals surface area contributed by atoms with Gasteiger partial charge in [0.15, 0.2) is 11.2 Å². The minimum atomic E-state index is -0.535. The van der Waals surface area contributed by atoms with Gasteiger partial charge in [-0.15, -0.1) is 0 Å². The Morgan fingerprint density at radius 2 is 1.81 bits per heavy atom. The molecule has 4 aromatic rings. The number of aromatic nitrogens is 4. The van der Waals surface area contributed by atoms with Crippen LogP contribution in [-0.4, -0.2) is 25.2 Å². The van der Waals surface area contributed by atoms with Crippen LogP contribution >= 0.6 is 11.6 Å². The zero-order valence-corrected chi connectivity index (χ0v) is 18.4. The lowest BCUT2D eigenvalue weighted by Crippen LogP contribution is -2.40. The minimum Gasteiger partial charge on any atom is -0.312 e. The lowest BCUT2D eigenvalue weighted by Gasteiger charge is -2.33. The maximum atomic E-state index is 14.2. The smallest absolute Gasteiger partial charge is 0.312 e. The predicted octanol–water partition coefficient (Wildman–Crippen LogP) is 3.53. The number of rotatable bonds is 3. The zero-order chi connectivity index (χ0) is 22.6. The summed E-state index contributed by atoms with van der Waals surface area (Å²) in [4.78, 5) is 33.2. The second-order valence-corrected chi connectivity index (χ2v) is 8.65. The summed E-state index contributed by atoms with van der Waals surface area (Å²) in [5.74, 6) is 0.364. The molecule has 3 heterocycles. The van der Waals surface area contributed by atoms with Crippen LogP contribution in [0.2, 0.25) is 5.02 Å². The molecule has 0 aliphatic carbocycles. The van der Waals surface area contributed by atoms with Crippen molar-refractivity contribution in [2.45, 2.75) is 20.0 Å². The van der Waals surface area contributed by atoms with Gasteiger partial charge in [0.2, 0.25) is 5.95 Å². The summed E-state index contributed by atoms with van der Waals surface area (Å²) in [5, 5.41) is 0.630. The van der Waals surface area contributed by atoms with Crippen LogP contribution in [0.1, 0.15) is 12.5 Å². The Balaban J connectivity index is 1.73. The fourth-order valence-corrected chi connectivity index (χ4v) is 4.41. The van der Waals surface area contributed by atoms with E-state index in [1.54, 1.807) is 37.4 Å². The monoisotopic (exact) mass is 453 g/mol. The Kier molecular flexibility index (Phi) is 4.89. The molecule has 5 rings (SSSR count). The Bertz CT molecular complexity index is 1450. The van der Waals surface area contributed by atoms with Gasteiger partial charge in [-0.25, -0.2) is 9.18 Å². The third-order valence-corrected chi connectivity index (χ3v) is 6.12. The molecule has 164 valence electrons. The summed E-state index contributed by atoms with van der Waals surface area (Å²) in [7, 11) is 1.58. The van der Waals surface area contributed by atoms with E-state index in [-0.39, 0.29) is 18.0 Å². The van der Waals surface area contributed by atoms with Crippen LogP contribution < -0.4 is 16.1 Å². The molecular weight excluding hydrogens is 433 g/mol. The van der Waals surface area contributed by atoms with Gasteiger partial charge in [-0.2, -0.15) is 4.98 Å². The van der Waals surface area contributed by atoms with Crippen LogP contribution in [0.3, 0.4) is 0 Å². The van der Waals surface area contributed by atoms with Crippen LogP contribution in [-0.2, 0) is 20.1 Å². The second-order valence-electron chi connectivity index (χ2n) is 8.21. The maximum absolute atomic E-state index is 14.2. The van der Waals surface area contributed by atoms with E-state index in [4.69, 9.17) is 11.6 Å². The molecule has 2 aromatic carbocycles. The highest BCUT2D eigenvalue weighted by molar-refractivity contribution is 6.30. The van der Waals surface area contributed by atoms with E-state index in [1.165, 1.54) is 10.6 Å². The van der Waals surface area contributed by atoms with Gasteiger partial charge in [-0.1, -0.05) is 36.7 Å². The average Bonchev–Trinajstić information content (AvgIpc) is 3.16. The maximum Gasteiger partial charge on any atom is 0.332 e. The standard InChI is InChI=1S/C23H21ClFN5O2/c1-14-11-28(17-9-7-16(24)8-10-17)22-26-20-19(29(22)12-14)21(31)30(23(32)27(20)2)13-15-5-3-4-6-18(15)25/h3-10,14H,11-13H2,1-2H3/t14-/m1/s1. The Morgan fingerprint density at radius 1 is 1.09 bits per heavy atom. The fraction of sp³-hybridized carbons (Fsp3) is 0.261. The van der Waals surface area contributed by atoms with E-state index in [0.717, 1.165) is 10.3 Å².